The number of hydrogen-bond acceptors (Lipinski definition) is 3. The SMILES string of the molecule is CSc1ccc(C(N)=O)cn1. The van der Waals surface area contributed by atoms with E-state index >= 15 is 0 Å². The van der Waals surface area contributed by atoms with Crippen LogP contribution in [0.25, 0.3) is 0 Å². The van der Waals surface area contributed by atoms with Crippen LogP contribution in [0.3, 0.4) is 0 Å². The molecule has 58 valence electrons. The van der Waals surface area contributed by atoms with Crippen LogP contribution in [0.15, 0.2) is 23.4 Å². The van der Waals surface area contributed by atoms with Crippen molar-refractivity contribution in [3.05, 3.63) is 23.9 Å². The van der Waals surface area contributed by atoms with Crippen molar-refractivity contribution in [2.45, 2.75) is 5.03 Å². The van der Waals surface area contributed by atoms with Crippen LogP contribution >= 0.6 is 11.8 Å². The number of rotatable bonds is 2. The zero-order valence-electron chi connectivity index (χ0n) is 6.07. The Morgan fingerprint density at radius 3 is 2.73 bits per heavy atom. The van der Waals surface area contributed by atoms with Crippen molar-refractivity contribution >= 4 is 17.7 Å². The second-order valence-electron chi connectivity index (χ2n) is 1.95. The first-order chi connectivity index (χ1) is 5.24. The molecule has 0 saturated heterocycles. The summed E-state index contributed by atoms with van der Waals surface area (Å²) < 4.78 is 0. The normalized spacial score (nSPS) is 9.55. The van der Waals surface area contributed by atoms with Gasteiger partial charge >= 0.3 is 0 Å². The van der Waals surface area contributed by atoms with Crippen molar-refractivity contribution in [2.75, 3.05) is 6.26 Å². The van der Waals surface area contributed by atoms with Gasteiger partial charge in [-0.3, -0.25) is 4.79 Å². The molecule has 0 aliphatic carbocycles. The molecule has 2 N–H and O–H groups in total. The fraction of sp³-hybridized carbons (Fsp3) is 0.143. The summed E-state index contributed by atoms with van der Waals surface area (Å²) in [5.41, 5.74) is 5.47. The Labute approximate surface area is 69.0 Å². The fourth-order valence-electron chi connectivity index (χ4n) is 0.647. The standard InChI is InChI=1S/C7H8N2OS/c1-11-6-3-2-5(4-9-6)7(8)10/h2-4H,1H3,(H2,8,10). The second-order valence-corrected chi connectivity index (χ2v) is 2.78. The van der Waals surface area contributed by atoms with E-state index in [-0.39, 0.29) is 0 Å². The van der Waals surface area contributed by atoms with Crippen LogP contribution in [0.2, 0.25) is 0 Å². The number of primary amides is 1. The lowest BCUT2D eigenvalue weighted by atomic mass is 10.3. The maximum Gasteiger partial charge on any atom is 0.250 e. The van der Waals surface area contributed by atoms with Gasteiger partial charge < -0.3 is 5.73 Å². The van der Waals surface area contributed by atoms with E-state index in [1.165, 1.54) is 18.0 Å². The highest BCUT2D eigenvalue weighted by atomic mass is 32.2. The number of hydrogen-bond donors (Lipinski definition) is 1. The lowest BCUT2D eigenvalue weighted by molar-refractivity contribution is 0.1000. The molecular weight excluding hydrogens is 160 g/mol. The van der Waals surface area contributed by atoms with Gasteiger partial charge in [-0.25, -0.2) is 4.98 Å². The molecule has 0 unspecified atom stereocenters. The quantitative estimate of drug-likeness (QED) is 0.667. The van der Waals surface area contributed by atoms with E-state index in [2.05, 4.69) is 4.98 Å². The zero-order valence-corrected chi connectivity index (χ0v) is 6.89. The van der Waals surface area contributed by atoms with Gasteiger partial charge in [-0.05, 0) is 18.4 Å². The molecule has 1 rings (SSSR count). The van der Waals surface area contributed by atoms with Crippen LogP contribution in [0.1, 0.15) is 10.4 Å². The average molecular weight is 168 g/mol. The van der Waals surface area contributed by atoms with Gasteiger partial charge in [0.1, 0.15) is 0 Å². The summed E-state index contributed by atoms with van der Waals surface area (Å²) >= 11 is 1.53. The van der Waals surface area contributed by atoms with Crippen LogP contribution in [0, 0.1) is 0 Å². The Hall–Kier alpha value is -1.03. The molecule has 0 aromatic carbocycles. The highest BCUT2D eigenvalue weighted by Gasteiger charge is 1.98. The number of pyridine rings is 1. The van der Waals surface area contributed by atoms with Crippen LogP contribution in [0.4, 0.5) is 0 Å². The Morgan fingerprint density at radius 1 is 1.64 bits per heavy atom. The highest BCUT2D eigenvalue weighted by molar-refractivity contribution is 7.98. The maximum absolute atomic E-state index is 10.6. The van der Waals surface area contributed by atoms with Gasteiger partial charge in [0.15, 0.2) is 0 Å². The third-order valence-electron chi connectivity index (χ3n) is 1.23. The monoisotopic (exact) mass is 168 g/mol. The number of nitrogens with two attached hydrogens (primary N) is 1. The molecule has 0 aliphatic heterocycles. The first-order valence-corrected chi connectivity index (χ1v) is 4.26. The molecule has 3 nitrogen and oxygen atoms in total. The predicted octanol–water partition coefficient (Wildman–Crippen LogP) is 0.902. The third-order valence-corrected chi connectivity index (χ3v) is 1.89. The minimum absolute atomic E-state index is 0.440. The van der Waals surface area contributed by atoms with E-state index in [0.717, 1.165) is 5.03 Å². The van der Waals surface area contributed by atoms with E-state index in [1.807, 2.05) is 6.26 Å². The molecule has 0 fully saturated rings. The molecule has 0 saturated carbocycles. The number of amides is 1. The van der Waals surface area contributed by atoms with Crippen molar-refractivity contribution in [1.29, 1.82) is 0 Å². The van der Waals surface area contributed by atoms with Gasteiger partial charge in [-0.1, -0.05) is 0 Å². The predicted molar refractivity (Wildman–Crippen MR) is 44.5 cm³/mol. The molecular formula is C7H8N2OS. The first kappa shape index (κ1) is 8.07. The molecule has 1 aromatic heterocycles. The largest absolute Gasteiger partial charge is 0.366 e. The van der Waals surface area contributed by atoms with E-state index in [4.69, 9.17) is 5.73 Å². The average Bonchev–Trinajstić information content (AvgIpc) is 2.05. The van der Waals surface area contributed by atoms with Crippen molar-refractivity contribution in [3.63, 3.8) is 0 Å². The molecule has 0 spiro atoms. The topological polar surface area (TPSA) is 56.0 Å². The summed E-state index contributed by atoms with van der Waals surface area (Å²) in [5, 5.41) is 0.884. The molecule has 1 aromatic rings. The number of carbonyl (C=O) groups excluding carboxylic acids is 1. The second kappa shape index (κ2) is 3.39. The van der Waals surface area contributed by atoms with Gasteiger partial charge in [-0.15, -0.1) is 11.8 Å². The lowest BCUT2D eigenvalue weighted by Gasteiger charge is -1.95. The molecule has 0 aliphatic rings. The van der Waals surface area contributed by atoms with Gasteiger partial charge in [0.25, 0.3) is 0 Å². The van der Waals surface area contributed by atoms with Crippen LogP contribution in [0.5, 0.6) is 0 Å². The number of carbonyl (C=O) groups is 1. The van der Waals surface area contributed by atoms with Crippen LogP contribution in [-0.4, -0.2) is 17.1 Å². The van der Waals surface area contributed by atoms with Crippen LogP contribution < -0.4 is 5.73 Å². The smallest absolute Gasteiger partial charge is 0.250 e. The summed E-state index contributed by atoms with van der Waals surface area (Å²) in [7, 11) is 0. The van der Waals surface area contributed by atoms with Gasteiger partial charge in [0.05, 0.1) is 10.6 Å². The Morgan fingerprint density at radius 2 is 2.36 bits per heavy atom. The fourth-order valence-corrected chi connectivity index (χ4v) is 1.01. The minimum Gasteiger partial charge on any atom is -0.366 e. The minimum atomic E-state index is -0.440. The maximum atomic E-state index is 10.6. The number of aromatic nitrogens is 1. The van der Waals surface area contributed by atoms with Crippen molar-refractivity contribution < 1.29 is 4.79 Å². The van der Waals surface area contributed by atoms with Crippen LogP contribution in [-0.2, 0) is 0 Å². The molecule has 1 amide bonds. The van der Waals surface area contributed by atoms with E-state index in [9.17, 15) is 4.79 Å². The van der Waals surface area contributed by atoms with E-state index in [1.54, 1.807) is 12.1 Å². The number of nitrogens with zero attached hydrogens (tertiary/aromatic N) is 1. The molecule has 1 heterocycles. The summed E-state index contributed by atoms with van der Waals surface area (Å²) in [5.74, 6) is -0.440. The molecule has 0 radical (unpaired) electrons. The number of thioether (sulfide) groups is 1. The molecule has 0 bridgehead atoms. The van der Waals surface area contributed by atoms with Gasteiger partial charge in [-0.2, -0.15) is 0 Å². The van der Waals surface area contributed by atoms with Gasteiger partial charge in [0.2, 0.25) is 5.91 Å². The Balaban J connectivity index is 2.91. The zero-order chi connectivity index (χ0) is 8.27. The summed E-state index contributed by atoms with van der Waals surface area (Å²) in [6.07, 6.45) is 3.40. The molecule has 11 heavy (non-hydrogen) atoms. The highest BCUT2D eigenvalue weighted by Crippen LogP contribution is 2.10. The van der Waals surface area contributed by atoms with E-state index in [0.29, 0.717) is 5.56 Å². The lowest BCUT2D eigenvalue weighted by Crippen LogP contribution is -2.10. The summed E-state index contributed by atoms with van der Waals surface area (Å²) in [4.78, 5) is 14.6. The summed E-state index contributed by atoms with van der Waals surface area (Å²) in [6, 6.07) is 3.44. The van der Waals surface area contributed by atoms with Crippen molar-refractivity contribution in [3.8, 4) is 0 Å². The first-order valence-electron chi connectivity index (χ1n) is 3.04. The molecule has 4 heteroatoms. The Bertz CT molecular complexity index is 258. The van der Waals surface area contributed by atoms with E-state index < -0.39 is 5.91 Å². The summed E-state index contributed by atoms with van der Waals surface area (Å²) in [6.45, 7) is 0. The molecule has 0 atom stereocenters. The van der Waals surface area contributed by atoms with Crippen molar-refractivity contribution in [1.82, 2.24) is 4.98 Å². The Kier molecular flexibility index (Phi) is 2.48. The van der Waals surface area contributed by atoms with Crippen molar-refractivity contribution in [2.24, 2.45) is 5.73 Å². The van der Waals surface area contributed by atoms with Gasteiger partial charge in [0, 0.05) is 6.20 Å². The third kappa shape index (κ3) is 1.94.